The summed E-state index contributed by atoms with van der Waals surface area (Å²) >= 11 is 5.70. The predicted octanol–water partition coefficient (Wildman–Crippen LogP) is 4.15. The fourth-order valence-corrected chi connectivity index (χ4v) is 2.51. The molecule has 106 valence electrons. The van der Waals surface area contributed by atoms with E-state index in [0.29, 0.717) is 12.5 Å². The first-order valence-electron chi connectivity index (χ1n) is 6.78. The lowest BCUT2D eigenvalue weighted by Gasteiger charge is -2.16. The molecule has 2 aromatic rings. The maximum Gasteiger partial charge on any atom is 0.142 e. The third-order valence-corrected chi connectivity index (χ3v) is 3.92. The molecule has 0 bridgehead atoms. The first-order valence-corrected chi connectivity index (χ1v) is 7.16. The van der Waals surface area contributed by atoms with Gasteiger partial charge in [-0.15, -0.1) is 0 Å². The van der Waals surface area contributed by atoms with Crippen LogP contribution in [0.15, 0.2) is 42.5 Å². The van der Waals surface area contributed by atoms with E-state index in [9.17, 15) is 4.39 Å². The smallest absolute Gasteiger partial charge is 0.142 e. The Labute approximate surface area is 124 Å². The lowest BCUT2D eigenvalue weighted by molar-refractivity contribution is 0.529. The fourth-order valence-electron chi connectivity index (χ4n) is 2.39. The van der Waals surface area contributed by atoms with E-state index in [1.807, 2.05) is 18.2 Å². The molecule has 1 nitrogen and oxygen atoms in total. The van der Waals surface area contributed by atoms with E-state index >= 15 is 0 Å². The molecule has 20 heavy (non-hydrogen) atoms. The summed E-state index contributed by atoms with van der Waals surface area (Å²) in [6, 6.07) is 13.3. The van der Waals surface area contributed by atoms with E-state index in [1.165, 1.54) is 17.2 Å². The Hall–Kier alpha value is -1.38. The van der Waals surface area contributed by atoms with Crippen molar-refractivity contribution < 1.29 is 4.39 Å². The van der Waals surface area contributed by atoms with Crippen molar-refractivity contribution in [3.8, 4) is 0 Å². The van der Waals surface area contributed by atoms with E-state index in [2.05, 4.69) is 19.1 Å². The highest BCUT2D eigenvalue weighted by Gasteiger charge is 2.11. The van der Waals surface area contributed by atoms with Gasteiger partial charge in [-0.3, -0.25) is 0 Å². The zero-order valence-electron chi connectivity index (χ0n) is 11.6. The number of hydrogen-bond acceptors (Lipinski definition) is 1. The molecule has 0 radical (unpaired) electrons. The molecule has 0 aliphatic rings. The maximum absolute atomic E-state index is 13.5. The van der Waals surface area contributed by atoms with Gasteiger partial charge in [0.25, 0.3) is 0 Å². The van der Waals surface area contributed by atoms with Crippen LogP contribution >= 0.6 is 11.6 Å². The second-order valence-electron chi connectivity index (χ2n) is 5.18. The Morgan fingerprint density at radius 1 is 1.15 bits per heavy atom. The van der Waals surface area contributed by atoms with Gasteiger partial charge in [-0.1, -0.05) is 41.9 Å². The van der Waals surface area contributed by atoms with Crippen molar-refractivity contribution in [1.29, 1.82) is 0 Å². The molecule has 2 aromatic carbocycles. The van der Waals surface area contributed by atoms with Gasteiger partial charge in [-0.25, -0.2) is 4.39 Å². The molecule has 0 spiro atoms. The summed E-state index contributed by atoms with van der Waals surface area (Å²) in [5.41, 5.74) is 9.38. The van der Waals surface area contributed by atoms with Gasteiger partial charge in [0.15, 0.2) is 0 Å². The lowest BCUT2D eigenvalue weighted by Crippen LogP contribution is -2.19. The Kier molecular flexibility index (Phi) is 5.16. The maximum atomic E-state index is 13.5. The molecule has 0 saturated heterocycles. The lowest BCUT2D eigenvalue weighted by atomic mass is 9.91. The van der Waals surface area contributed by atoms with Crippen molar-refractivity contribution in [2.24, 2.45) is 11.7 Å². The monoisotopic (exact) mass is 291 g/mol. The average Bonchev–Trinajstić information content (AvgIpc) is 2.44. The number of halogens is 2. The van der Waals surface area contributed by atoms with Crippen molar-refractivity contribution >= 4 is 11.6 Å². The molecule has 0 aliphatic heterocycles. The number of rotatable bonds is 5. The van der Waals surface area contributed by atoms with Crippen LogP contribution < -0.4 is 5.73 Å². The molecule has 0 fully saturated rings. The Balaban J connectivity index is 2.09. The molecule has 1 atom stereocenters. The minimum Gasteiger partial charge on any atom is -0.330 e. The van der Waals surface area contributed by atoms with Gasteiger partial charge in [0.1, 0.15) is 5.82 Å². The molecular formula is C17H19ClFN. The minimum absolute atomic E-state index is 0.164. The van der Waals surface area contributed by atoms with E-state index in [0.717, 1.165) is 18.4 Å². The quantitative estimate of drug-likeness (QED) is 0.880. The van der Waals surface area contributed by atoms with Gasteiger partial charge in [0, 0.05) is 0 Å². The average molecular weight is 292 g/mol. The molecule has 0 saturated carbocycles. The predicted molar refractivity (Wildman–Crippen MR) is 82.5 cm³/mol. The number of nitrogens with two attached hydrogens (primary N) is 1. The van der Waals surface area contributed by atoms with Crippen LogP contribution in [0, 0.1) is 18.7 Å². The van der Waals surface area contributed by atoms with E-state index in [1.54, 1.807) is 6.07 Å². The molecular weight excluding hydrogens is 273 g/mol. The largest absolute Gasteiger partial charge is 0.330 e. The van der Waals surface area contributed by atoms with Crippen LogP contribution in [0.2, 0.25) is 5.02 Å². The van der Waals surface area contributed by atoms with Gasteiger partial charge in [0.2, 0.25) is 0 Å². The second-order valence-corrected chi connectivity index (χ2v) is 5.59. The van der Waals surface area contributed by atoms with Crippen LogP contribution in [0.25, 0.3) is 0 Å². The molecule has 2 N–H and O–H groups in total. The summed E-state index contributed by atoms with van der Waals surface area (Å²) in [6.45, 7) is 2.68. The van der Waals surface area contributed by atoms with Crippen LogP contribution in [-0.2, 0) is 12.8 Å². The summed E-state index contributed by atoms with van der Waals surface area (Å²) in [5, 5.41) is 0.164. The zero-order chi connectivity index (χ0) is 14.5. The standard InChI is InChI=1S/C17H19ClFN/c1-12-4-2-3-5-15(12)9-14(11-20)8-13-6-7-16(18)17(19)10-13/h2-7,10,14H,8-9,11,20H2,1H3. The number of hydrogen-bond donors (Lipinski definition) is 1. The molecule has 0 heterocycles. The highest BCUT2D eigenvalue weighted by Crippen LogP contribution is 2.20. The van der Waals surface area contributed by atoms with Crippen molar-refractivity contribution in [2.45, 2.75) is 19.8 Å². The number of aryl methyl sites for hydroxylation is 1. The molecule has 3 heteroatoms. The summed E-state index contributed by atoms with van der Waals surface area (Å²) in [5.74, 6) is -0.0625. The van der Waals surface area contributed by atoms with E-state index in [4.69, 9.17) is 17.3 Å². The molecule has 1 unspecified atom stereocenters. The Morgan fingerprint density at radius 3 is 2.55 bits per heavy atom. The minimum atomic E-state index is -0.365. The first-order chi connectivity index (χ1) is 9.60. The van der Waals surface area contributed by atoms with Gasteiger partial charge >= 0.3 is 0 Å². The topological polar surface area (TPSA) is 26.0 Å². The van der Waals surface area contributed by atoms with Crippen LogP contribution in [0.4, 0.5) is 4.39 Å². The SMILES string of the molecule is Cc1ccccc1CC(CN)Cc1ccc(Cl)c(F)c1. The molecule has 0 aromatic heterocycles. The highest BCUT2D eigenvalue weighted by molar-refractivity contribution is 6.30. The zero-order valence-corrected chi connectivity index (χ0v) is 12.3. The van der Waals surface area contributed by atoms with Crippen molar-refractivity contribution in [1.82, 2.24) is 0 Å². The molecule has 0 amide bonds. The highest BCUT2D eigenvalue weighted by atomic mass is 35.5. The van der Waals surface area contributed by atoms with Gasteiger partial charge in [0.05, 0.1) is 5.02 Å². The fraction of sp³-hybridized carbons (Fsp3) is 0.294. The van der Waals surface area contributed by atoms with E-state index < -0.39 is 0 Å². The Bertz CT molecular complexity index is 583. The van der Waals surface area contributed by atoms with Gasteiger partial charge < -0.3 is 5.73 Å². The van der Waals surface area contributed by atoms with Crippen LogP contribution in [0.1, 0.15) is 16.7 Å². The van der Waals surface area contributed by atoms with Gasteiger partial charge in [-0.05, 0) is 61.1 Å². The third-order valence-electron chi connectivity index (χ3n) is 3.61. The Morgan fingerprint density at radius 2 is 1.90 bits per heavy atom. The van der Waals surface area contributed by atoms with Crippen LogP contribution in [0.3, 0.4) is 0 Å². The van der Waals surface area contributed by atoms with Crippen molar-refractivity contribution in [2.75, 3.05) is 6.54 Å². The van der Waals surface area contributed by atoms with Crippen molar-refractivity contribution in [3.63, 3.8) is 0 Å². The summed E-state index contributed by atoms with van der Waals surface area (Å²) in [6.07, 6.45) is 1.67. The summed E-state index contributed by atoms with van der Waals surface area (Å²) < 4.78 is 13.5. The third kappa shape index (κ3) is 3.81. The van der Waals surface area contributed by atoms with Crippen molar-refractivity contribution in [3.05, 3.63) is 70.0 Å². The van der Waals surface area contributed by atoms with Crippen LogP contribution in [-0.4, -0.2) is 6.54 Å². The van der Waals surface area contributed by atoms with Crippen LogP contribution in [0.5, 0.6) is 0 Å². The summed E-state index contributed by atoms with van der Waals surface area (Å²) in [4.78, 5) is 0. The van der Waals surface area contributed by atoms with E-state index in [-0.39, 0.29) is 10.8 Å². The number of benzene rings is 2. The molecule has 2 rings (SSSR count). The first kappa shape index (κ1) is 15.0. The normalized spacial score (nSPS) is 12.4. The second kappa shape index (κ2) is 6.87. The van der Waals surface area contributed by atoms with Gasteiger partial charge in [-0.2, -0.15) is 0 Å². The molecule has 0 aliphatic carbocycles. The summed E-state index contributed by atoms with van der Waals surface area (Å²) in [7, 11) is 0.